The Balaban J connectivity index is 1.42. The number of fused-ring (bicyclic) bond motifs is 9. The highest BCUT2D eigenvalue weighted by atomic mass is 28.3. The van der Waals surface area contributed by atoms with Gasteiger partial charge in [0, 0.05) is 40.4 Å². The first-order valence-electron chi connectivity index (χ1n) is 16.7. The van der Waals surface area contributed by atoms with Gasteiger partial charge in [-0.2, -0.15) is 9.13 Å². The van der Waals surface area contributed by atoms with Crippen molar-refractivity contribution in [3.8, 4) is 33.6 Å². The third-order valence-corrected chi connectivity index (χ3v) is 12.0. The Morgan fingerprint density at radius 2 is 1.51 bits per heavy atom. The first-order chi connectivity index (χ1) is 21.7. The van der Waals surface area contributed by atoms with Crippen molar-refractivity contribution in [3.05, 3.63) is 133 Å². The van der Waals surface area contributed by atoms with Gasteiger partial charge in [0.15, 0.2) is 24.1 Å². The van der Waals surface area contributed by atoms with E-state index in [0.29, 0.717) is 11.8 Å². The van der Waals surface area contributed by atoms with Crippen LogP contribution in [-0.4, -0.2) is 8.07 Å². The van der Waals surface area contributed by atoms with Crippen molar-refractivity contribution in [3.63, 3.8) is 0 Å². The number of aryl methyl sites for hydroxylation is 1. The number of benzene rings is 3. The van der Waals surface area contributed by atoms with E-state index >= 15 is 0 Å². The van der Waals surface area contributed by atoms with Crippen molar-refractivity contribution in [2.75, 3.05) is 0 Å². The lowest BCUT2D eigenvalue weighted by Crippen LogP contribution is -2.51. The van der Waals surface area contributed by atoms with Crippen molar-refractivity contribution in [2.45, 2.75) is 71.1 Å². The smallest absolute Gasteiger partial charge is 0.194 e. The minimum Gasteiger partial charge on any atom is -0.194 e. The number of allylic oxidation sites excluding steroid dienone is 1. The molecule has 0 fully saturated rings. The van der Waals surface area contributed by atoms with E-state index in [0.717, 1.165) is 25.7 Å². The molecular formula is C42H46N2Si+2. The fraction of sp³-hybridized carbons (Fsp3) is 0.286. The SMILES string of the molecule is C=C1CC2C(CCc3ccccc3-c3cc(CC(C)C)c([Si](C)(C)C)c[n+]31)c1ccccc1-c1cc(-c3ccccc3)cc[n+]12. The molecule has 2 aliphatic heterocycles. The molecule has 0 amide bonds. The van der Waals surface area contributed by atoms with Crippen LogP contribution in [0.4, 0.5) is 0 Å². The van der Waals surface area contributed by atoms with E-state index in [1.165, 1.54) is 56.0 Å². The molecule has 0 N–H and O–H groups in total. The molecule has 0 aliphatic carbocycles. The molecule has 2 nitrogen and oxygen atoms in total. The molecule has 0 saturated heterocycles. The predicted molar refractivity (Wildman–Crippen MR) is 191 cm³/mol. The summed E-state index contributed by atoms with van der Waals surface area (Å²) in [6.07, 6.45) is 9.00. The zero-order chi connectivity index (χ0) is 31.3. The number of hydrogen-bond acceptors (Lipinski definition) is 0. The summed E-state index contributed by atoms with van der Waals surface area (Å²) in [5, 5.41) is 1.56. The van der Waals surface area contributed by atoms with E-state index in [-0.39, 0.29) is 6.04 Å². The maximum absolute atomic E-state index is 4.87. The van der Waals surface area contributed by atoms with Gasteiger partial charge in [0.25, 0.3) is 0 Å². The fourth-order valence-electron chi connectivity index (χ4n) is 7.86. The molecule has 45 heavy (non-hydrogen) atoms. The van der Waals surface area contributed by atoms with Crippen LogP contribution in [-0.2, 0) is 12.8 Å². The first kappa shape index (κ1) is 29.6. The van der Waals surface area contributed by atoms with Gasteiger partial charge in [0.1, 0.15) is 0 Å². The molecule has 2 aliphatic rings. The van der Waals surface area contributed by atoms with Gasteiger partial charge in [-0.05, 0) is 71.7 Å². The number of hydrogen-bond donors (Lipinski definition) is 0. The molecule has 3 heteroatoms. The molecule has 3 aromatic carbocycles. The van der Waals surface area contributed by atoms with E-state index in [1.54, 1.807) is 5.19 Å². The topological polar surface area (TPSA) is 7.76 Å². The number of pyridine rings is 2. The summed E-state index contributed by atoms with van der Waals surface area (Å²) in [5.41, 5.74) is 13.4. The van der Waals surface area contributed by atoms with Crippen molar-refractivity contribution < 1.29 is 9.13 Å². The Bertz CT molecular complexity index is 1900. The van der Waals surface area contributed by atoms with Crippen molar-refractivity contribution in [2.24, 2.45) is 5.92 Å². The highest BCUT2D eigenvalue weighted by Crippen LogP contribution is 2.44. The summed E-state index contributed by atoms with van der Waals surface area (Å²) >= 11 is 0. The first-order valence-corrected chi connectivity index (χ1v) is 20.2. The molecule has 0 radical (unpaired) electrons. The Labute approximate surface area is 270 Å². The van der Waals surface area contributed by atoms with Gasteiger partial charge >= 0.3 is 0 Å². The normalized spacial score (nSPS) is 17.5. The lowest BCUT2D eigenvalue weighted by Gasteiger charge is -2.31. The maximum atomic E-state index is 4.87. The predicted octanol–water partition coefficient (Wildman–Crippen LogP) is 9.15. The van der Waals surface area contributed by atoms with Crippen LogP contribution in [0.15, 0.2) is 116 Å². The average Bonchev–Trinajstić information content (AvgIpc) is 3.03. The molecule has 2 unspecified atom stereocenters. The molecule has 2 aromatic heterocycles. The van der Waals surface area contributed by atoms with Crippen LogP contribution in [0.3, 0.4) is 0 Å². The van der Waals surface area contributed by atoms with Crippen LogP contribution in [0.25, 0.3) is 39.3 Å². The molecule has 7 rings (SSSR count). The largest absolute Gasteiger partial charge is 0.218 e. The lowest BCUT2D eigenvalue weighted by molar-refractivity contribution is -0.720. The second-order valence-corrected chi connectivity index (χ2v) is 19.7. The summed E-state index contributed by atoms with van der Waals surface area (Å²) in [6, 6.07) is 36.6. The Morgan fingerprint density at radius 3 is 2.27 bits per heavy atom. The number of aromatic nitrogens is 2. The quantitative estimate of drug-likeness (QED) is 0.142. The van der Waals surface area contributed by atoms with Gasteiger partial charge in [0.05, 0.1) is 14.5 Å². The summed E-state index contributed by atoms with van der Waals surface area (Å²) in [5.74, 6) is 1.00. The molecule has 0 spiro atoms. The van der Waals surface area contributed by atoms with E-state index in [1.807, 2.05) is 0 Å². The van der Waals surface area contributed by atoms with Crippen molar-refractivity contribution >= 4 is 19.0 Å². The zero-order valence-corrected chi connectivity index (χ0v) is 28.6. The lowest BCUT2D eigenvalue weighted by atomic mass is 9.77. The van der Waals surface area contributed by atoms with E-state index in [9.17, 15) is 0 Å². The van der Waals surface area contributed by atoms with Gasteiger partial charge in [-0.3, -0.25) is 0 Å². The minimum atomic E-state index is -1.62. The molecule has 0 bridgehead atoms. The molecule has 0 saturated carbocycles. The van der Waals surface area contributed by atoms with Gasteiger partial charge in [-0.1, -0.05) is 100 Å². The van der Waals surface area contributed by atoms with Crippen LogP contribution >= 0.6 is 0 Å². The Hall–Kier alpha value is -4.08. The van der Waals surface area contributed by atoms with Crippen LogP contribution in [0.5, 0.6) is 0 Å². The summed E-state index contributed by atoms with van der Waals surface area (Å²) in [6.45, 7) is 17.0. The fourth-order valence-corrected chi connectivity index (χ4v) is 9.51. The molecular weight excluding hydrogens is 561 g/mol. The van der Waals surface area contributed by atoms with E-state index < -0.39 is 8.07 Å². The third kappa shape index (κ3) is 5.52. The summed E-state index contributed by atoms with van der Waals surface area (Å²) < 4.78 is 5.06. The van der Waals surface area contributed by atoms with Crippen molar-refractivity contribution in [1.82, 2.24) is 0 Å². The zero-order valence-electron chi connectivity index (χ0n) is 27.6. The van der Waals surface area contributed by atoms with Gasteiger partial charge in [-0.15, -0.1) is 0 Å². The van der Waals surface area contributed by atoms with Gasteiger partial charge < -0.3 is 0 Å². The summed E-state index contributed by atoms with van der Waals surface area (Å²) in [7, 11) is -1.62. The standard InChI is InChI=1S/C42H46N2Si/c1-29(2)24-34-27-40-35-17-11-10-16-32(35)20-21-38-36-18-12-13-19-37(36)41-26-33(31-14-8-7-9-15-31)22-23-43(41)39(38)25-30(3)44(40)28-42(34)45(4,5)6/h7-19,22-23,26-29,38-39H,3,20-21,24-25H2,1-2,4-6H3/q+2. The Kier molecular flexibility index (Phi) is 7.69. The summed E-state index contributed by atoms with van der Waals surface area (Å²) in [4.78, 5) is 0. The van der Waals surface area contributed by atoms with Crippen LogP contribution in [0, 0.1) is 5.92 Å². The van der Waals surface area contributed by atoms with E-state index in [2.05, 4.69) is 152 Å². The monoisotopic (exact) mass is 606 g/mol. The second kappa shape index (κ2) is 11.7. The third-order valence-electron chi connectivity index (χ3n) is 9.96. The Morgan fingerprint density at radius 1 is 0.800 bits per heavy atom. The van der Waals surface area contributed by atoms with Crippen molar-refractivity contribution in [1.29, 1.82) is 0 Å². The number of rotatable bonds is 4. The second-order valence-electron chi connectivity index (χ2n) is 14.6. The molecule has 4 heterocycles. The highest BCUT2D eigenvalue weighted by molar-refractivity contribution is 6.89. The minimum absolute atomic E-state index is 0.281. The molecule has 2 atom stereocenters. The van der Waals surface area contributed by atoms with Gasteiger partial charge in [0.2, 0.25) is 11.4 Å². The maximum Gasteiger partial charge on any atom is 0.218 e. The van der Waals surface area contributed by atoms with Crippen LogP contribution < -0.4 is 14.3 Å². The molecule has 5 aromatic rings. The van der Waals surface area contributed by atoms with Gasteiger partial charge in [-0.25, -0.2) is 0 Å². The number of nitrogens with zero attached hydrogens (tertiary/aromatic N) is 2. The van der Waals surface area contributed by atoms with E-state index in [4.69, 9.17) is 6.58 Å². The average molecular weight is 607 g/mol. The van der Waals surface area contributed by atoms with Crippen LogP contribution in [0.2, 0.25) is 19.6 Å². The molecule has 226 valence electrons. The van der Waals surface area contributed by atoms with Crippen LogP contribution in [0.1, 0.15) is 55.3 Å². The highest BCUT2D eigenvalue weighted by Gasteiger charge is 2.43.